The van der Waals surface area contributed by atoms with E-state index in [4.69, 9.17) is 9.88 Å². The summed E-state index contributed by atoms with van der Waals surface area (Å²) in [6.07, 6.45) is 3.39. The van der Waals surface area contributed by atoms with E-state index in [1.807, 2.05) is 38.1 Å². The van der Waals surface area contributed by atoms with Crippen molar-refractivity contribution in [1.82, 2.24) is 15.1 Å². The molecule has 0 unspecified atom stereocenters. The van der Waals surface area contributed by atoms with Crippen LogP contribution in [0.15, 0.2) is 53.4 Å². The average Bonchev–Trinajstić information content (AvgIpc) is 2.97. The Kier molecular flexibility index (Phi) is 12.0. The number of nitrogens with zero attached hydrogens (tertiary/aromatic N) is 2. The number of carbonyl (C=O) groups excluding carboxylic acids is 2. The Hall–Kier alpha value is -2.70. The van der Waals surface area contributed by atoms with Gasteiger partial charge in [-0.1, -0.05) is 52.2 Å². The molecule has 43 heavy (non-hydrogen) atoms. The average molecular weight is 637 g/mol. The first-order valence-corrected chi connectivity index (χ1v) is 16.5. The van der Waals surface area contributed by atoms with Crippen LogP contribution < -0.4 is 15.2 Å². The minimum absolute atomic E-state index is 0. The summed E-state index contributed by atoms with van der Waals surface area (Å²) in [4.78, 5) is 31.4. The van der Waals surface area contributed by atoms with Crippen molar-refractivity contribution >= 4 is 34.2 Å². The molecule has 2 saturated heterocycles. The van der Waals surface area contributed by atoms with Gasteiger partial charge in [0.05, 0.1) is 11.0 Å². The highest BCUT2D eigenvalue weighted by Gasteiger charge is 2.55. The lowest BCUT2D eigenvalue weighted by molar-refractivity contribution is -0.165. The number of primary sulfonamides is 1. The van der Waals surface area contributed by atoms with E-state index >= 15 is 0 Å². The van der Waals surface area contributed by atoms with Gasteiger partial charge in [0.1, 0.15) is 23.1 Å². The van der Waals surface area contributed by atoms with Gasteiger partial charge < -0.3 is 20.1 Å². The third kappa shape index (κ3) is 7.88. The van der Waals surface area contributed by atoms with Crippen molar-refractivity contribution in [3.8, 4) is 11.5 Å². The summed E-state index contributed by atoms with van der Waals surface area (Å²) in [7, 11) is -3.76. The molecule has 2 heterocycles. The fourth-order valence-corrected chi connectivity index (χ4v) is 6.60. The second-order valence-corrected chi connectivity index (χ2v) is 13.0. The van der Waals surface area contributed by atoms with Crippen LogP contribution in [-0.2, 0) is 26.2 Å². The molecule has 0 aliphatic carbocycles. The summed E-state index contributed by atoms with van der Waals surface area (Å²) in [6, 6.07) is 12.7. The highest BCUT2D eigenvalue weighted by atomic mass is 35.5. The van der Waals surface area contributed by atoms with E-state index in [1.165, 1.54) is 12.1 Å². The number of rotatable bonds is 12. The van der Waals surface area contributed by atoms with Crippen LogP contribution in [0.2, 0.25) is 0 Å². The summed E-state index contributed by atoms with van der Waals surface area (Å²) < 4.78 is 28.7. The standard InChI is InChI=1S/C31H44N4O6S.ClH/c1-4-7-18-35-29(37)27(28(36)23(5-2)6-3)33-30(38)31(35)16-19-34(20-17-31)21-22-8-10-24(11-9-22)41-25-12-14-26(15-13-25)42(32,39)40;/h8-15,23,27-28,36H,4-7,16-21H2,1-3H3,(H,33,38)(H2,32,39,40);1H/t27-,28-;/m1./s1. The molecule has 0 radical (unpaired) electrons. The summed E-state index contributed by atoms with van der Waals surface area (Å²) in [5.41, 5.74) is 0.201. The topological polar surface area (TPSA) is 142 Å². The van der Waals surface area contributed by atoms with E-state index in [0.717, 1.165) is 31.2 Å². The number of unbranched alkanes of at least 4 members (excludes halogenated alkanes) is 1. The van der Waals surface area contributed by atoms with Gasteiger partial charge in [0.25, 0.3) is 0 Å². The third-order valence-electron chi connectivity index (χ3n) is 8.77. The molecule has 2 atom stereocenters. The van der Waals surface area contributed by atoms with Crippen molar-refractivity contribution in [2.24, 2.45) is 11.1 Å². The molecule has 10 nitrogen and oxygen atoms in total. The molecule has 0 bridgehead atoms. The molecule has 2 aromatic rings. The molecular weight excluding hydrogens is 592 g/mol. The number of benzene rings is 2. The number of nitrogens with two attached hydrogens (primary N) is 1. The Morgan fingerprint density at radius 2 is 1.56 bits per heavy atom. The SMILES string of the molecule is CCCCN1C(=O)[C@@H]([C@H](O)C(CC)CC)NC(=O)C12CCN(Cc1ccc(Oc3ccc(S(N)(=O)=O)cc3)cc1)CC2.Cl. The first-order valence-electron chi connectivity index (χ1n) is 14.9. The minimum Gasteiger partial charge on any atom is -0.457 e. The van der Waals surface area contributed by atoms with Crippen LogP contribution in [0.4, 0.5) is 0 Å². The van der Waals surface area contributed by atoms with Crippen LogP contribution in [0.3, 0.4) is 0 Å². The fourth-order valence-electron chi connectivity index (χ4n) is 6.09. The Morgan fingerprint density at radius 1 is 1.00 bits per heavy atom. The molecule has 2 aliphatic heterocycles. The molecule has 2 aromatic carbocycles. The Labute approximate surface area is 261 Å². The number of aliphatic hydroxyl groups is 1. The quantitative estimate of drug-likeness (QED) is 0.322. The molecule has 4 rings (SSSR count). The maximum absolute atomic E-state index is 13.7. The number of piperidine rings is 1. The molecule has 0 aromatic heterocycles. The van der Waals surface area contributed by atoms with E-state index in [2.05, 4.69) is 17.1 Å². The second-order valence-electron chi connectivity index (χ2n) is 11.4. The molecule has 238 valence electrons. The molecular formula is C31H45ClN4O6S. The van der Waals surface area contributed by atoms with Crippen molar-refractivity contribution < 1.29 is 27.9 Å². The number of likely N-dealkylation sites (tertiary alicyclic amines) is 1. The summed E-state index contributed by atoms with van der Waals surface area (Å²) in [5, 5.41) is 19.1. The summed E-state index contributed by atoms with van der Waals surface area (Å²) in [6.45, 7) is 8.60. The normalized spacial score (nSPS) is 19.7. The zero-order valence-corrected chi connectivity index (χ0v) is 26.8. The number of ether oxygens (including phenoxy) is 1. The maximum atomic E-state index is 13.7. The number of piperazine rings is 1. The van der Waals surface area contributed by atoms with Crippen molar-refractivity contribution in [2.75, 3.05) is 19.6 Å². The predicted octanol–water partition coefficient (Wildman–Crippen LogP) is 3.81. The number of carbonyl (C=O) groups is 2. The molecule has 12 heteroatoms. The monoisotopic (exact) mass is 636 g/mol. The van der Waals surface area contributed by atoms with Crippen molar-refractivity contribution in [3.63, 3.8) is 0 Å². The van der Waals surface area contributed by atoms with E-state index < -0.39 is 27.7 Å². The van der Waals surface area contributed by atoms with Crippen molar-refractivity contribution in [2.45, 2.75) is 88.4 Å². The molecule has 1 spiro atoms. The zero-order valence-electron chi connectivity index (χ0n) is 25.2. The van der Waals surface area contributed by atoms with Crippen LogP contribution in [0.1, 0.15) is 64.9 Å². The van der Waals surface area contributed by atoms with Gasteiger partial charge in [-0.2, -0.15) is 0 Å². The Morgan fingerprint density at radius 3 is 2.07 bits per heavy atom. The van der Waals surface area contributed by atoms with Crippen LogP contribution in [0.5, 0.6) is 11.5 Å². The van der Waals surface area contributed by atoms with E-state index in [1.54, 1.807) is 17.0 Å². The summed E-state index contributed by atoms with van der Waals surface area (Å²) in [5.74, 6) is 0.764. The minimum atomic E-state index is -3.76. The zero-order chi connectivity index (χ0) is 30.5. The van der Waals surface area contributed by atoms with Crippen LogP contribution in [0, 0.1) is 5.92 Å². The van der Waals surface area contributed by atoms with Crippen molar-refractivity contribution in [3.05, 3.63) is 54.1 Å². The van der Waals surface area contributed by atoms with Gasteiger partial charge in [-0.25, -0.2) is 13.6 Å². The molecule has 4 N–H and O–H groups in total. The number of sulfonamides is 1. The molecule has 0 saturated carbocycles. The maximum Gasteiger partial charge on any atom is 0.248 e. The summed E-state index contributed by atoms with van der Waals surface area (Å²) >= 11 is 0. The van der Waals surface area contributed by atoms with Crippen LogP contribution in [-0.4, -0.2) is 72.5 Å². The van der Waals surface area contributed by atoms with E-state index in [-0.39, 0.29) is 35.0 Å². The number of hydrogen-bond donors (Lipinski definition) is 3. The van der Waals surface area contributed by atoms with Gasteiger partial charge in [-0.05, 0) is 67.1 Å². The van der Waals surface area contributed by atoms with Gasteiger partial charge in [-0.15, -0.1) is 12.4 Å². The van der Waals surface area contributed by atoms with Crippen LogP contribution >= 0.6 is 12.4 Å². The number of aliphatic hydroxyl groups excluding tert-OH is 1. The first kappa shape index (κ1) is 34.8. The molecule has 2 amide bonds. The lowest BCUT2D eigenvalue weighted by Gasteiger charge is -2.52. The highest BCUT2D eigenvalue weighted by Crippen LogP contribution is 2.35. The van der Waals surface area contributed by atoms with Crippen molar-refractivity contribution in [1.29, 1.82) is 0 Å². The highest BCUT2D eigenvalue weighted by molar-refractivity contribution is 7.89. The number of hydrogen-bond acceptors (Lipinski definition) is 7. The molecule has 2 fully saturated rings. The van der Waals surface area contributed by atoms with Gasteiger partial charge in [0, 0.05) is 26.2 Å². The lowest BCUT2D eigenvalue weighted by Crippen LogP contribution is -2.75. The Bertz CT molecular complexity index is 1330. The Balaban J connectivity index is 0.00000506. The number of amides is 2. The number of nitrogens with one attached hydrogen (secondary N) is 1. The van der Waals surface area contributed by atoms with E-state index in [9.17, 15) is 23.1 Å². The van der Waals surface area contributed by atoms with Gasteiger partial charge >= 0.3 is 0 Å². The predicted molar refractivity (Wildman–Crippen MR) is 167 cm³/mol. The molecule has 2 aliphatic rings. The van der Waals surface area contributed by atoms with Gasteiger partial charge in [0.15, 0.2) is 0 Å². The number of halogens is 1. The first-order chi connectivity index (χ1) is 20.0. The van der Waals surface area contributed by atoms with Crippen LogP contribution in [0.25, 0.3) is 0 Å². The lowest BCUT2D eigenvalue weighted by atomic mass is 9.79. The third-order valence-corrected chi connectivity index (χ3v) is 9.70. The largest absolute Gasteiger partial charge is 0.457 e. The van der Waals surface area contributed by atoms with E-state index in [0.29, 0.717) is 50.5 Å². The fraction of sp³-hybridized carbons (Fsp3) is 0.548. The second kappa shape index (κ2) is 14.9. The smallest absolute Gasteiger partial charge is 0.248 e. The van der Waals surface area contributed by atoms with Gasteiger partial charge in [-0.3, -0.25) is 14.5 Å². The van der Waals surface area contributed by atoms with Gasteiger partial charge in [0.2, 0.25) is 21.8 Å².